The predicted octanol–water partition coefficient (Wildman–Crippen LogP) is 3.95. The van der Waals surface area contributed by atoms with Crippen LogP contribution >= 0.6 is 11.6 Å². The minimum Gasteiger partial charge on any atom is -0.349 e. The van der Waals surface area contributed by atoms with Gasteiger partial charge in [0.1, 0.15) is 0 Å². The molecule has 6 nitrogen and oxygen atoms in total. The van der Waals surface area contributed by atoms with Crippen molar-refractivity contribution >= 4 is 23.4 Å². The molecule has 0 bridgehead atoms. The molecule has 2 N–H and O–H groups in total. The van der Waals surface area contributed by atoms with E-state index in [4.69, 9.17) is 11.6 Å². The molecule has 2 amide bonds. The SMILES string of the molecule is O=C(CC1NC(=O)c2ccccc21)NC1CCCc2c1cnn2Cc1ccc(Cl)cc1. The number of amides is 2. The minimum atomic E-state index is -0.278. The molecule has 0 spiro atoms. The molecule has 31 heavy (non-hydrogen) atoms. The Hall–Kier alpha value is -3.12. The molecule has 3 aromatic rings. The smallest absolute Gasteiger partial charge is 0.252 e. The first-order chi connectivity index (χ1) is 15.1. The van der Waals surface area contributed by atoms with Crippen LogP contribution in [0, 0.1) is 0 Å². The van der Waals surface area contributed by atoms with E-state index in [1.54, 1.807) is 6.07 Å². The van der Waals surface area contributed by atoms with Crippen LogP contribution in [0.3, 0.4) is 0 Å². The third-order valence-corrected chi connectivity index (χ3v) is 6.37. The molecule has 0 radical (unpaired) electrons. The van der Waals surface area contributed by atoms with Gasteiger partial charge in [0.25, 0.3) is 5.91 Å². The number of rotatable bonds is 5. The van der Waals surface area contributed by atoms with Crippen molar-refractivity contribution in [1.29, 1.82) is 0 Å². The normalized spacial score (nSPS) is 19.5. The first-order valence-corrected chi connectivity index (χ1v) is 10.9. The van der Waals surface area contributed by atoms with E-state index in [0.29, 0.717) is 12.1 Å². The van der Waals surface area contributed by atoms with Crippen molar-refractivity contribution in [2.75, 3.05) is 0 Å². The molecule has 2 aliphatic rings. The van der Waals surface area contributed by atoms with Crippen molar-refractivity contribution in [3.63, 3.8) is 0 Å². The topological polar surface area (TPSA) is 76.0 Å². The Morgan fingerprint density at radius 2 is 1.97 bits per heavy atom. The highest BCUT2D eigenvalue weighted by atomic mass is 35.5. The van der Waals surface area contributed by atoms with Crippen LogP contribution in [0.25, 0.3) is 0 Å². The lowest BCUT2D eigenvalue weighted by Gasteiger charge is -2.25. The quantitative estimate of drug-likeness (QED) is 0.638. The fourth-order valence-electron chi connectivity index (χ4n) is 4.59. The van der Waals surface area contributed by atoms with Crippen molar-refractivity contribution < 1.29 is 9.59 Å². The summed E-state index contributed by atoms with van der Waals surface area (Å²) in [4.78, 5) is 24.9. The van der Waals surface area contributed by atoms with Gasteiger partial charge in [0.05, 0.1) is 31.2 Å². The molecule has 0 saturated carbocycles. The summed E-state index contributed by atoms with van der Waals surface area (Å²) in [5.41, 5.74) is 4.94. The maximum atomic E-state index is 12.8. The van der Waals surface area contributed by atoms with E-state index in [1.165, 1.54) is 5.69 Å². The fourth-order valence-corrected chi connectivity index (χ4v) is 4.71. The van der Waals surface area contributed by atoms with Gasteiger partial charge < -0.3 is 10.6 Å². The zero-order chi connectivity index (χ0) is 21.4. The predicted molar refractivity (Wildman–Crippen MR) is 118 cm³/mol. The molecule has 2 atom stereocenters. The highest BCUT2D eigenvalue weighted by molar-refractivity contribution is 6.30. The maximum Gasteiger partial charge on any atom is 0.252 e. The van der Waals surface area contributed by atoms with Gasteiger partial charge in [-0.25, -0.2) is 0 Å². The largest absolute Gasteiger partial charge is 0.349 e. The molecular formula is C24H23ClN4O2. The molecule has 5 rings (SSSR count). The van der Waals surface area contributed by atoms with E-state index >= 15 is 0 Å². The van der Waals surface area contributed by atoms with Gasteiger partial charge in [0, 0.05) is 21.8 Å². The highest BCUT2D eigenvalue weighted by Crippen LogP contribution is 2.31. The Morgan fingerprint density at radius 1 is 1.16 bits per heavy atom. The highest BCUT2D eigenvalue weighted by Gasteiger charge is 2.31. The van der Waals surface area contributed by atoms with Crippen LogP contribution in [0.2, 0.25) is 5.02 Å². The van der Waals surface area contributed by atoms with E-state index < -0.39 is 0 Å². The Morgan fingerprint density at radius 3 is 2.81 bits per heavy atom. The van der Waals surface area contributed by atoms with Crippen molar-refractivity contribution in [2.45, 2.75) is 44.3 Å². The van der Waals surface area contributed by atoms with Crippen molar-refractivity contribution in [3.05, 3.63) is 87.7 Å². The lowest BCUT2D eigenvalue weighted by atomic mass is 9.92. The number of fused-ring (bicyclic) bond motifs is 2. The van der Waals surface area contributed by atoms with Gasteiger partial charge in [-0.05, 0) is 48.6 Å². The summed E-state index contributed by atoms with van der Waals surface area (Å²) in [5.74, 6) is -0.179. The number of nitrogens with one attached hydrogen (secondary N) is 2. The molecule has 1 aliphatic heterocycles. The van der Waals surface area contributed by atoms with Crippen LogP contribution in [0.5, 0.6) is 0 Å². The molecule has 1 aliphatic carbocycles. The number of carbonyl (C=O) groups is 2. The summed E-state index contributed by atoms with van der Waals surface area (Å²) in [7, 11) is 0. The van der Waals surface area contributed by atoms with Crippen LogP contribution in [0.1, 0.15) is 64.1 Å². The summed E-state index contributed by atoms with van der Waals surface area (Å²) >= 11 is 5.99. The minimum absolute atomic E-state index is 0.0532. The summed E-state index contributed by atoms with van der Waals surface area (Å²) < 4.78 is 2.02. The fraction of sp³-hybridized carbons (Fsp3) is 0.292. The van der Waals surface area contributed by atoms with Gasteiger partial charge >= 0.3 is 0 Å². The van der Waals surface area contributed by atoms with E-state index in [2.05, 4.69) is 15.7 Å². The Balaban J connectivity index is 1.28. The van der Waals surface area contributed by atoms with Crippen molar-refractivity contribution in [3.8, 4) is 0 Å². The Labute approximate surface area is 185 Å². The van der Waals surface area contributed by atoms with Crippen LogP contribution in [0.15, 0.2) is 54.7 Å². The van der Waals surface area contributed by atoms with Crippen LogP contribution in [-0.4, -0.2) is 21.6 Å². The average Bonchev–Trinajstić information content (AvgIpc) is 3.32. The zero-order valence-electron chi connectivity index (χ0n) is 17.0. The monoisotopic (exact) mass is 434 g/mol. The first-order valence-electron chi connectivity index (χ1n) is 10.6. The molecule has 2 unspecified atom stereocenters. The Kier molecular flexibility index (Phi) is 5.24. The number of hydrogen-bond acceptors (Lipinski definition) is 3. The van der Waals surface area contributed by atoms with E-state index in [9.17, 15) is 9.59 Å². The first kappa shape index (κ1) is 19.8. The van der Waals surface area contributed by atoms with Crippen molar-refractivity contribution in [2.24, 2.45) is 0 Å². The summed E-state index contributed by atoms with van der Waals surface area (Å²) in [6.07, 6.45) is 4.93. The molecule has 2 heterocycles. The number of hydrogen-bond donors (Lipinski definition) is 2. The molecule has 2 aromatic carbocycles. The molecule has 7 heteroatoms. The summed E-state index contributed by atoms with van der Waals surface area (Å²) in [6.45, 7) is 0.679. The second-order valence-electron chi connectivity index (χ2n) is 8.16. The Bertz CT molecular complexity index is 1140. The average molecular weight is 435 g/mol. The second kappa shape index (κ2) is 8.19. The standard InChI is InChI=1S/C24H23ClN4O2/c25-16-10-8-15(9-11-16)14-29-22-7-3-6-20(19(22)13-26-29)27-23(30)12-21-17-4-1-2-5-18(17)24(31)28-21/h1-2,4-5,8-11,13,20-21H,3,6-7,12,14H2,(H,27,30)(H,28,31). The second-order valence-corrected chi connectivity index (χ2v) is 8.60. The van der Waals surface area contributed by atoms with Gasteiger partial charge in [0.2, 0.25) is 5.91 Å². The van der Waals surface area contributed by atoms with Crippen molar-refractivity contribution in [1.82, 2.24) is 20.4 Å². The van der Waals surface area contributed by atoms with E-state index in [-0.39, 0.29) is 30.3 Å². The summed E-state index contributed by atoms with van der Waals surface area (Å²) in [6, 6.07) is 14.9. The van der Waals surface area contributed by atoms with Gasteiger partial charge in [0.15, 0.2) is 0 Å². The molecule has 0 saturated heterocycles. The number of halogens is 1. The molecule has 1 aromatic heterocycles. The van der Waals surface area contributed by atoms with Crippen LogP contribution in [-0.2, 0) is 17.8 Å². The van der Waals surface area contributed by atoms with E-state index in [1.807, 2.05) is 53.3 Å². The number of benzene rings is 2. The molecular weight excluding hydrogens is 412 g/mol. The van der Waals surface area contributed by atoms with Gasteiger partial charge in [-0.15, -0.1) is 0 Å². The van der Waals surface area contributed by atoms with Gasteiger partial charge in [-0.2, -0.15) is 5.10 Å². The number of nitrogens with zero attached hydrogens (tertiary/aromatic N) is 2. The van der Waals surface area contributed by atoms with Gasteiger partial charge in [-0.3, -0.25) is 14.3 Å². The van der Waals surface area contributed by atoms with Crippen LogP contribution in [0.4, 0.5) is 0 Å². The summed E-state index contributed by atoms with van der Waals surface area (Å²) in [5, 5.41) is 11.4. The lowest BCUT2D eigenvalue weighted by Crippen LogP contribution is -2.33. The third-order valence-electron chi connectivity index (χ3n) is 6.12. The van der Waals surface area contributed by atoms with Crippen LogP contribution < -0.4 is 10.6 Å². The lowest BCUT2D eigenvalue weighted by molar-refractivity contribution is -0.122. The third kappa shape index (κ3) is 3.95. The maximum absolute atomic E-state index is 12.8. The van der Waals surface area contributed by atoms with Gasteiger partial charge in [-0.1, -0.05) is 41.9 Å². The van der Waals surface area contributed by atoms with E-state index in [0.717, 1.165) is 41.0 Å². The number of aromatic nitrogens is 2. The molecule has 158 valence electrons. The zero-order valence-corrected chi connectivity index (χ0v) is 17.7. The number of carbonyl (C=O) groups excluding carboxylic acids is 2. The molecule has 0 fully saturated rings.